The average Bonchev–Trinajstić information content (AvgIpc) is 2.18. The molecule has 1 aromatic carbocycles. The molecule has 3 nitrogen and oxygen atoms in total. The second-order valence-corrected chi connectivity index (χ2v) is 4.06. The molecule has 0 fully saturated rings. The first-order chi connectivity index (χ1) is 6.99. The number of carbonyl (C=O) groups is 1. The van der Waals surface area contributed by atoms with Gasteiger partial charge in [0.05, 0.1) is 5.92 Å². The summed E-state index contributed by atoms with van der Waals surface area (Å²) in [6.07, 6.45) is 0. The van der Waals surface area contributed by atoms with Crippen LogP contribution >= 0.6 is 15.9 Å². The Morgan fingerprint density at radius 3 is 2.73 bits per heavy atom. The van der Waals surface area contributed by atoms with Gasteiger partial charge in [0.25, 0.3) is 0 Å². The molecule has 0 spiro atoms. The second-order valence-electron chi connectivity index (χ2n) is 3.20. The van der Waals surface area contributed by atoms with Crippen LogP contribution in [0.25, 0.3) is 0 Å². The Hall–Kier alpha value is -0.940. The Balaban J connectivity index is 3.25. The number of benzene rings is 1. The molecule has 0 aliphatic heterocycles. The molecule has 0 heterocycles. The smallest absolute Gasteiger partial charge is 0.312 e. The highest BCUT2D eigenvalue weighted by Crippen LogP contribution is 2.26. The molecule has 5 heteroatoms. The summed E-state index contributed by atoms with van der Waals surface area (Å²) in [5, 5.41) is 8.85. The van der Waals surface area contributed by atoms with Crippen LogP contribution in [0.15, 0.2) is 16.6 Å². The van der Waals surface area contributed by atoms with E-state index in [1.54, 1.807) is 13.0 Å². The van der Waals surface area contributed by atoms with Crippen LogP contribution in [0, 0.1) is 12.7 Å². The van der Waals surface area contributed by atoms with Gasteiger partial charge in [-0.3, -0.25) is 4.79 Å². The summed E-state index contributed by atoms with van der Waals surface area (Å²) < 4.78 is 14.3. The van der Waals surface area contributed by atoms with E-state index in [-0.39, 0.29) is 12.1 Å². The van der Waals surface area contributed by atoms with Crippen molar-refractivity contribution in [2.45, 2.75) is 12.8 Å². The van der Waals surface area contributed by atoms with Gasteiger partial charge in [-0.05, 0) is 18.6 Å². The fourth-order valence-electron chi connectivity index (χ4n) is 1.31. The van der Waals surface area contributed by atoms with E-state index < -0.39 is 17.7 Å². The van der Waals surface area contributed by atoms with Crippen molar-refractivity contribution in [3.8, 4) is 0 Å². The lowest BCUT2D eigenvalue weighted by molar-refractivity contribution is -0.138. The first kappa shape index (κ1) is 12.1. The number of carboxylic acid groups (broad SMARTS) is 1. The van der Waals surface area contributed by atoms with Crippen molar-refractivity contribution < 1.29 is 14.3 Å². The van der Waals surface area contributed by atoms with Crippen molar-refractivity contribution >= 4 is 21.9 Å². The predicted molar refractivity (Wildman–Crippen MR) is 58.3 cm³/mol. The zero-order valence-corrected chi connectivity index (χ0v) is 9.71. The van der Waals surface area contributed by atoms with E-state index in [2.05, 4.69) is 15.9 Å². The predicted octanol–water partition coefficient (Wildman–Crippen LogP) is 2.02. The van der Waals surface area contributed by atoms with Crippen LogP contribution in [0.5, 0.6) is 0 Å². The summed E-state index contributed by atoms with van der Waals surface area (Å²) in [5.41, 5.74) is 5.83. The molecule has 1 atom stereocenters. The fraction of sp³-hybridized carbons (Fsp3) is 0.300. The maximum Gasteiger partial charge on any atom is 0.312 e. The van der Waals surface area contributed by atoms with Crippen LogP contribution < -0.4 is 5.73 Å². The standard InChI is InChI=1S/C10H11BrFNO2/c1-5-8(11)3-2-6(9(5)12)7(4-13)10(14)15/h2-3,7H,4,13H2,1H3,(H,14,15). The largest absolute Gasteiger partial charge is 0.481 e. The summed E-state index contributed by atoms with van der Waals surface area (Å²) in [6.45, 7) is 1.46. The second kappa shape index (κ2) is 4.72. The van der Waals surface area contributed by atoms with Gasteiger partial charge in [-0.2, -0.15) is 0 Å². The Labute approximate surface area is 95.2 Å². The normalized spacial score (nSPS) is 12.5. The van der Waals surface area contributed by atoms with E-state index in [1.165, 1.54) is 6.07 Å². The van der Waals surface area contributed by atoms with Crippen LogP contribution in [0.2, 0.25) is 0 Å². The molecular formula is C10H11BrFNO2. The Bertz CT molecular complexity index is 395. The molecule has 1 unspecified atom stereocenters. The monoisotopic (exact) mass is 275 g/mol. The summed E-state index contributed by atoms with van der Waals surface area (Å²) >= 11 is 3.17. The summed E-state index contributed by atoms with van der Waals surface area (Å²) in [7, 11) is 0. The van der Waals surface area contributed by atoms with Gasteiger partial charge >= 0.3 is 5.97 Å². The first-order valence-corrected chi connectivity index (χ1v) is 5.15. The topological polar surface area (TPSA) is 63.3 Å². The Morgan fingerprint density at radius 2 is 2.27 bits per heavy atom. The number of nitrogens with two attached hydrogens (primary N) is 1. The average molecular weight is 276 g/mol. The van der Waals surface area contributed by atoms with Crippen molar-refractivity contribution in [1.82, 2.24) is 0 Å². The highest BCUT2D eigenvalue weighted by atomic mass is 79.9. The van der Waals surface area contributed by atoms with Gasteiger partial charge in [0.1, 0.15) is 5.82 Å². The SMILES string of the molecule is Cc1c(Br)ccc(C(CN)C(=O)O)c1F. The Morgan fingerprint density at radius 1 is 1.67 bits per heavy atom. The lowest BCUT2D eigenvalue weighted by atomic mass is 9.97. The highest BCUT2D eigenvalue weighted by molar-refractivity contribution is 9.10. The number of hydrogen-bond acceptors (Lipinski definition) is 2. The number of rotatable bonds is 3. The molecule has 0 saturated heterocycles. The van der Waals surface area contributed by atoms with Crippen molar-refractivity contribution in [1.29, 1.82) is 0 Å². The molecule has 82 valence electrons. The van der Waals surface area contributed by atoms with Gasteiger partial charge in [0.15, 0.2) is 0 Å². The van der Waals surface area contributed by atoms with Crippen LogP contribution in [-0.4, -0.2) is 17.6 Å². The van der Waals surface area contributed by atoms with Crippen LogP contribution in [0.4, 0.5) is 4.39 Å². The zero-order chi connectivity index (χ0) is 11.6. The molecule has 0 saturated carbocycles. The summed E-state index contributed by atoms with van der Waals surface area (Å²) in [6, 6.07) is 3.07. The molecule has 0 amide bonds. The maximum atomic E-state index is 13.7. The van der Waals surface area contributed by atoms with Gasteiger partial charge in [-0.1, -0.05) is 22.0 Å². The summed E-state index contributed by atoms with van der Waals surface area (Å²) in [5.74, 6) is -2.61. The molecule has 15 heavy (non-hydrogen) atoms. The van der Waals surface area contributed by atoms with E-state index in [0.29, 0.717) is 10.0 Å². The fourth-order valence-corrected chi connectivity index (χ4v) is 1.62. The van der Waals surface area contributed by atoms with E-state index >= 15 is 0 Å². The van der Waals surface area contributed by atoms with E-state index in [4.69, 9.17) is 10.8 Å². The highest BCUT2D eigenvalue weighted by Gasteiger charge is 2.22. The van der Waals surface area contributed by atoms with E-state index in [1.807, 2.05) is 0 Å². The minimum atomic E-state index is -1.11. The van der Waals surface area contributed by atoms with Gasteiger partial charge in [0.2, 0.25) is 0 Å². The zero-order valence-electron chi connectivity index (χ0n) is 8.13. The molecule has 0 radical (unpaired) electrons. The molecule has 0 aliphatic rings. The lowest BCUT2D eigenvalue weighted by Crippen LogP contribution is -2.22. The van der Waals surface area contributed by atoms with Gasteiger partial charge in [-0.15, -0.1) is 0 Å². The molecule has 0 aliphatic carbocycles. The van der Waals surface area contributed by atoms with Crippen molar-refractivity contribution in [2.24, 2.45) is 5.73 Å². The lowest BCUT2D eigenvalue weighted by Gasteiger charge is -2.13. The first-order valence-electron chi connectivity index (χ1n) is 4.36. The van der Waals surface area contributed by atoms with Crippen molar-refractivity contribution in [3.63, 3.8) is 0 Å². The number of aliphatic carboxylic acids is 1. The number of carboxylic acids is 1. The molecule has 0 bridgehead atoms. The van der Waals surface area contributed by atoms with E-state index in [9.17, 15) is 9.18 Å². The number of hydrogen-bond donors (Lipinski definition) is 2. The molecular weight excluding hydrogens is 265 g/mol. The maximum absolute atomic E-state index is 13.7. The van der Waals surface area contributed by atoms with Gasteiger partial charge in [0, 0.05) is 16.6 Å². The molecule has 1 aromatic rings. The van der Waals surface area contributed by atoms with E-state index in [0.717, 1.165) is 0 Å². The minimum absolute atomic E-state index is 0.118. The van der Waals surface area contributed by atoms with Crippen LogP contribution in [0.3, 0.4) is 0 Å². The van der Waals surface area contributed by atoms with Crippen molar-refractivity contribution in [3.05, 3.63) is 33.5 Å². The van der Waals surface area contributed by atoms with Gasteiger partial charge in [-0.25, -0.2) is 4.39 Å². The van der Waals surface area contributed by atoms with Gasteiger partial charge < -0.3 is 10.8 Å². The minimum Gasteiger partial charge on any atom is -0.481 e. The van der Waals surface area contributed by atoms with Crippen molar-refractivity contribution in [2.75, 3.05) is 6.54 Å². The third-order valence-corrected chi connectivity index (χ3v) is 3.12. The summed E-state index contributed by atoms with van der Waals surface area (Å²) in [4.78, 5) is 10.8. The quantitative estimate of drug-likeness (QED) is 0.887. The molecule has 0 aromatic heterocycles. The Kier molecular flexibility index (Phi) is 3.82. The molecule has 1 rings (SSSR count). The molecule has 3 N–H and O–H groups in total. The third-order valence-electron chi connectivity index (χ3n) is 2.26. The third kappa shape index (κ3) is 2.35. The number of halogens is 2. The van der Waals surface area contributed by atoms with Crippen LogP contribution in [0.1, 0.15) is 17.0 Å². The van der Waals surface area contributed by atoms with Crippen LogP contribution in [-0.2, 0) is 4.79 Å².